The molecule has 0 aliphatic heterocycles. The molecule has 0 amide bonds. The number of nitrogens with zero attached hydrogens (tertiary/aromatic N) is 3. The number of halogens is 3. The SMILES string of the molecule is O=c1cc(C(F)(F)F)n2nc(-c3ccsc3)ccc2n1. The van der Waals surface area contributed by atoms with E-state index in [1.54, 1.807) is 16.8 Å². The fourth-order valence-electron chi connectivity index (χ4n) is 1.77. The van der Waals surface area contributed by atoms with Crippen LogP contribution in [-0.4, -0.2) is 14.6 Å². The Morgan fingerprint density at radius 2 is 2.00 bits per heavy atom. The van der Waals surface area contributed by atoms with Crippen LogP contribution in [0.2, 0.25) is 0 Å². The first-order valence-corrected chi connectivity index (χ1v) is 6.40. The Kier molecular flexibility index (Phi) is 2.82. The maximum atomic E-state index is 12.9. The number of hydrogen-bond acceptors (Lipinski definition) is 4. The molecular weight excluding hydrogens is 291 g/mol. The summed E-state index contributed by atoms with van der Waals surface area (Å²) >= 11 is 1.41. The van der Waals surface area contributed by atoms with Crippen molar-refractivity contribution in [3.63, 3.8) is 0 Å². The molecule has 0 unspecified atom stereocenters. The highest BCUT2D eigenvalue weighted by Crippen LogP contribution is 2.28. The van der Waals surface area contributed by atoms with Gasteiger partial charge in [-0.15, -0.1) is 0 Å². The number of thiophene rings is 1. The van der Waals surface area contributed by atoms with E-state index in [1.807, 2.05) is 0 Å². The summed E-state index contributed by atoms with van der Waals surface area (Å²) in [5, 5.41) is 7.50. The summed E-state index contributed by atoms with van der Waals surface area (Å²) in [6.45, 7) is 0. The van der Waals surface area contributed by atoms with Crippen LogP contribution < -0.4 is 5.56 Å². The number of aromatic nitrogens is 3. The molecule has 3 aromatic heterocycles. The molecule has 3 rings (SSSR count). The molecule has 0 atom stereocenters. The molecule has 0 fully saturated rings. The Hall–Kier alpha value is -2.22. The van der Waals surface area contributed by atoms with E-state index < -0.39 is 17.4 Å². The normalized spacial score (nSPS) is 11.9. The Labute approximate surface area is 114 Å². The van der Waals surface area contributed by atoms with Crippen molar-refractivity contribution in [3.8, 4) is 11.3 Å². The Morgan fingerprint density at radius 3 is 2.65 bits per heavy atom. The summed E-state index contributed by atoms with van der Waals surface area (Å²) in [6, 6.07) is 5.07. The van der Waals surface area contributed by atoms with Gasteiger partial charge >= 0.3 is 6.18 Å². The molecule has 102 valence electrons. The molecule has 0 saturated heterocycles. The van der Waals surface area contributed by atoms with Gasteiger partial charge in [-0.1, -0.05) is 0 Å². The molecule has 0 N–H and O–H groups in total. The van der Waals surface area contributed by atoms with Gasteiger partial charge in [-0.05, 0) is 23.6 Å². The van der Waals surface area contributed by atoms with Crippen LogP contribution in [0, 0.1) is 0 Å². The number of alkyl halides is 3. The van der Waals surface area contributed by atoms with E-state index in [1.165, 1.54) is 23.5 Å². The van der Waals surface area contributed by atoms with Crippen molar-refractivity contribution in [2.45, 2.75) is 6.18 Å². The van der Waals surface area contributed by atoms with Crippen LogP contribution in [0.3, 0.4) is 0 Å². The molecule has 8 heteroatoms. The number of rotatable bonds is 1. The molecule has 0 bridgehead atoms. The third-order valence-corrected chi connectivity index (χ3v) is 3.32. The molecule has 0 aromatic carbocycles. The Bertz CT molecular complexity index is 824. The average molecular weight is 297 g/mol. The molecule has 0 saturated carbocycles. The molecule has 0 aliphatic rings. The second-order valence-corrected chi connectivity index (χ2v) is 4.76. The van der Waals surface area contributed by atoms with Gasteiger partial charge in [-0.25, -0.2) is 4.52 Å². The van der Waals surface area contributed by atoms with Gasteiger partial charge in [0.15, 0.2) is 11.3 Å². The first kappa shape index (κ1) is 12.8. The monoisotopic (exact) mass is 297 g/mol. The van der Waals surface area contributed by atoms with E-state index in [2.05, 4.69) is 10.1 Å². The van der Waals surface area contributed by atoms with Gasteiger partial charge in [0, 0.05) is 17.0 Å². The topological polar surface area (TPSA) is 47.3 Å². The summed E-state index contributed by atoms with van der Waals surface area (Å²) < 4.78 is 39.5. The van der Waals surface area contributed by atoms with Crippen LogP contribution >= 0.6 is 11.3 Å². The minimum Gasteiger partial charge on any atom is -0.267 e. The lowest BCUT2D eigenvalue weighted by atomic mass is 10.2. The maximum absolute atomic E-state index is 12.9. The van der Waals surface area contributed by atoms with E-state index in [0.29, 0.717) is 21.8 Å². The predicted molar refractivity (Wildman–Crippen MR) is 67.6 cm³/mol. The van der Waals surface area contributed by atoms with Crippen LogP contribution in [0.5, 0.6) is 0 Å². The van der Waals surface area contributed by atoms with Gasteiger partial charge in [0.1, 0.15) is 0 Å². The summed E-state index contributed by atoms with van der Waals surface area (Å²) in [6.07, 6.45) is -4.68. The lowest BCUT2D eigenvalue weighted by Crippen LogP contribution is -2.20. The molecular formula is C12H6F3N3OS. The highest BCUT2D eigenvalue weighted by Gasteiger charge is 2.34. The zero-order valence-corrected chi connectivity index (χ0v) is 10.6. The maximum Gasteiger partial charge on any atom is 0.433 e. The summed E-state index contributed by atoms with van der Waals surface area (Å²) in [4.78, 5) is 14.7. The van der Waals surface area contributed by atoms with Crippen molar-refractivity contribution in [2.75, 3.05) is 0 Å². The molecule has 20 heavy (non-hydrogen) atoms. The molecule has 0 radical (unpaired) electrons. The predicted octanol–water partition coefficient (Wildman–Crippen LogP) is 2.84. The van der Waals surface area contributed by atoms with Gasteiger partial charge in [0.2, 0.25) is 0 Å². The summed E-state index contributed by atoms with van der Waals surface area (Å²) in [7, 11) is 0. The van der Waals surface area contributed by atoms with E-state index in [9.17, 15) is 18.0 Å². The molecule has 0 aliphatic carbocycles. The fraction of sp³-hybridized carbons (Fsp3) is 0.0833. The molecule has 3 heterocycles. The van der Waals surface area contributed by atoms with Gasteiger partial charge in [-0.3, -0.25) is 4.79 Å². The second kappa shape index (κ2) is 4.41. The minimum absolute atomic E-state index is 0.135. The second-order valence-electron chi connectivity index (χ2n) is 3.98. The fourth-order valence-corrected chi connectivity index (χ4v) is 2.42. The molecule has 0 spiro atoms. The standard InChI is InChI=1S/C12H6F3N3OS/c13-12(14,15)9-5-11(19)16-10-2-1-8(17-18(9)10)7-3-4-20-6-7/h1-6H. The smallest absolute Gasteiger partial charge is 0.267 e. The van der Waals surface area contributed by atoms with E-state index >= 15 is 0 Å². The van der Waals surface area contributed by atoms with Gasteiger partial charge in [0.25, 0.3) is 5.56 Å². The van der Waals surface area contributed by atoms with Crippen LogP contribution in [-0.2, 0) is 6.18 Å². The largest absolute Gasteiger partial charge is 0.433 e. The number of hydrogen-bond donors (Lipinski definition) is 0. The zero-order valence-electron chi connectivity index (χ0n) is 9.76. The Morgan fingerprint density at radius 1 is 1.20 bits per heavy atom. The third-order valence-electron chi connectivity index (χ3n) is 2.64. The zero-order chi connectivity index (χ0) is 14.3. The highest BCUT2D eigenvalue weighted by atomic mass is 32.1. The van der Waals surface area contributed by atoms with Crippen molar-refractivity contribution in [3.05, 3.63) is 51.1 Å². The van der Waals surface area contributed by atoms with Gasteiger partial charge in [-0.2, -0.15) is 34.6 Å². The van der Waals surface area contributed by atoms with Crippen molar-refractivity contribution >= 4 is 17.0 Å². The van der Waals surface area contributed by atoms with Crippen molar-refractivity contribution in [2.24, 2.45) is 0 Å². The van der Waals surface area contributed by atoms with E-state index in [4.69, 9.17) is 0 Å². The van der Waals surface area contributed by atoms with Crippen LogP contribution in [0.1, 0.15) is 5.69 Å². The van der Waals surface area contributed by atoms with Gasteiger partial charge < -0.3 is 0 Å². The average Bonchev–Trinajstić information content (AvgIpc) is 2.90. The van der Waals surface area contributed by atoms with Crippen molar-refractivity contribution < 1.29 is 13.2 Å². The summed E-state index contributed by atoms with van der Waals surface area (Å²) in [5.74, 6) is 0. The lowest BCUT2D eigenvalue weighted by Gasteiger charge is -2.11. The van der Waals surface area contributed by atoms with E-state index in [0.717, 1.165) is 0 Å². The van der Waals surface area contributed by atoms with E-state index in [-0.39, 0.29) is 5.65 Å². The quantitative estimate of drug-likeness (QED) is 0.694. The molecule has 3 aromatic rings. The van der Waals surface area contributed by atoms with Crippen LogP contribution in [0.15, 0.2) is 39.8 Å². The van der Waals surface area contributed by atoms with Crippen LogP contribution in [0.4, 0.5) is 13.2 Å². The lowest BCUT2D eigenvalue weighted by molar-refractivity contribution is -0.142. The highest BCUT2D eigenvalue weighted by molar-refractivity contribution is 7.08. The van der Waals surface area contributed by atoms with Crippen molar-refractivity contribution in [1.82, 2.24) is 14.6 Å². The first-order chi connectivity index (χ1) is 9.45. The minimum atomic E-state index is -4.68. The first-order valence-electron chi connectivity index (χ1n) is 5.46. The van der Waals surface area contributed by atoms with Gasteiger partial charge in [0.05, 0.1) is 5.69 Å². The third kappa shape index (κ3) is 2.18. The summed E-state index contributed by atoms with van der Waals surface area (Å²) in [5.41, 5.74) is -1.12. The van der Waals surface area contributed by atoms with Crippen LogP contribution in [0.25, 0.3) is 16.9 Å². The Balaban J connectivity index is 2.33. The van der Waals surface area contributed by atoms with Crippen molar-refractivity contribution in [1.29, 1.82) is 0 Å². The number of fused-ring (bicyclic) bond motifs is 1. The molecule has 4 nitrogen and oxygen atoms in total.